The van der Waals surface area contributed by atoms with E-state index in [1.165, 1.54) is 0 Å². The number of aliphatic hydroxyl groups excluding tert-OH is 2. The zero-order valence-electron chi connectivity index (χ0n) is 15.6. The van der Waals surface area contributed by atoms with Gasteiger partial charge >= 0.3 is 12.3 Å². The first-order valence-electron chi connectivity index (χ1n) is 8.78. The van der Waals surface area contributed by atoms with Crippen molar-refractivity contribution >= 4 is 6.09 Å². The lowest BCUT2D eigenvalue weighted by Gasteiger charge is -2.20. The average Bonchev–Trinajstić information content (AvgIpc) is 2.71. The fraction of sp³-hybridized carbons (Fsp3) is 0.350. The lowest BCUT2D eigenvalue weighted by Crippen LogP contribution is -2.29. The number of carbonyl (C=O) groups is 1. The van der Waals surface area contributed by atoms with Gasteiger partial charge in [0.05, 0.1) is 18.8 Å². The molecule has 2 rings (SSSR count). The number of ether oxygens (including phenoxy) is 2. The fourth-order valence-corrected chi connectivity index (χ4v) is 2.60. The number of nitrogens with one attached hydrogen (secondary N) is 1. The molecular weight excluding hydrogens is 391 g/mol. The molecule has 0 bridgehead atoms. The molecule has 6 nitrogen and oxygen atoms in total. The van der Waals surface area contributed by atoms with Gasteiger partial charge in [0.2, 0.25) is 0 Å². The van der Waals surface area contributed by atoms with Gasteiger partial charge in [0.15, 0.2) is 0 Å². The van der Waals surface area contributed by atoms with Gasteiger partial charge in [-0.1, -0.05) is 36.4 Å². The summed E-state index contributed by atoms with van der Waals surface area (Å²) >= 11 is 0. The van der Waals surface area contributed by atoms with Crippen molar-refractivity contribution in [3.63, 3.8) is 0 Å². The molecule has 0 spiro atoms. The van der Waals surface area contributed by atoms with Gasteiger partial charge < -0.3 is 25.0 Å². The minimum Gasteiger partial charge on any atom is -0.496 e. The average molecular weight is 413 g/mol. The van der Waals surface area contributed by atoms with Crippen LogP contribution in [0.4, 0.5) is 18.0 Å². The lowest BCUT2D eigenvalue weighted by atomic mass is 10.00. The molecule has 29 heavy (non-hydrogen) atoms. The zero-order valence-corrected chi connectivity index (χ0v) is 15.6. The van der Waals surface area contributed by atoms with Crippen molar-refractivity contribution in [2.45, 2.75) is 31.4 Å². The van der Waals surface area contributed by atoms with Gasteiger partial charge in [-0.05, 0) is 29.7 Å². The normalized spacial score (nSPS) is 13.4. The van der Waals surface area contributed by atoms with Crippen LogP contribution in [-0.4, -0.2) is 36.1 Å². The van der Waals surface area contributed by atoms with E-state index >= 15 is 0 Å². The largest absolute Gasteiger partial charge is 0.496 e. The van der Waals surface area contributed by atoms with Crippen molar-refractivity contribution < 1.29 is 37.7 Å². The lowest BCUT2D eigenvalue weighted by molar-refractivity contribution is -0.138. The molecule has 0 aromatic heterocycles. The van der Waals surface area contributed by atoms with Crippen molar-refractivity contribution in [1.29, 1.82) is 0 Å². The summed E-state index contributed by atoms with van der Waals surface area (Å²) in [6.07, 6.45) is -8.09. The first-order chi connectivity index (χ1) is 13.7. The minimum atomic E-state index is -4.60. The molecule has 0 aliphatic rings. The summed E-state index contributed by atoms with van der Waals surface area (Å²) in [5.74, 6) is -0.455. The number of amides is 1. The van der Waals surface area contributed by atoms with E-state index < -0.39 is 35.8 Å². The molecule has 0 fully saturated rings. The van der Waals surface area contributed by atoms with Crippen LogP contribution in [0, 0.1) is 0 Å². The molecule has 0 saturated heterocycles. The number of halogens is 3. The topological polar surface area (TPSA) is 88.0 Å². The molecule has 9 heteroatoms. The third-order valence-electron chi connectivity index (χ3n) is 4.16. The van der Waals surface area contributed by atoms with E-state index in [1.807, 2.05) is 18.2 Å². The molecule has 3 N–H and O–H groups in total. The molecule has 0 aliphatic carbocycles. The number of alkyl carbamates (subject to hydrolysis) is 1. The predicted molar refractivity (Wildman–Crippen MR) is 98.2 cm³/mol. The third kappa shape index (κ3) is 6.65. The Hall–Kier alpha value is -2.78. The van der Waals surface area contributed by atoms with Crippen molar-refractivity contribution in [2.24, 2.45) is 0 Å². The minimum absolute atomic E-state index is 0.00359. The molecule has 1 amide bonds. The number of benzene rings is 2. The summed E-state index contributed by atoms with van der Waals surface area (Å²) in [5, 5.41) is 22.7. The van der Waals surface area contributed by atoms with Gasteiger partial charge in [0, 0.05) is 6.54 Å². The highest BCUT2D eigenvalue weighted by Gasteiger charge is 2.34. The molecule has 0 heterocycles. The predicted octanol–water partition coefficient (Wildman–Crippen LogP) is 3.42. The van der Waals surface area contributed by atoms with Gasteiger partial charge in [0.25, 0.3) is 0 Å². The molecule has 0 aliphatic heterocycles. The Morgan fingerprint density at radius 2 is 1.83 bits per heavy atom. The number of aliphatic hydroxyl groups is 2. The molecule has 2 aromatic carbocycles. The summed E-state index contributed by atoms with van der Waals surface area (Å²) < 4.78 is 48.4. The number of methoxy groups -OCH3 is 1. The summed E-state index contributed by atoms with van der Waals surface area (Å²) in [7, 11) is 1.09. The van der Waals surface area contributed by atoms with Gasteiger partial charge in [-0.25, -0.2) is 4.79 Å². The first kappa shape index (κ1) is 22.5. The smallest absolute Gasteiger partial charge is 0.419 e. The van der Waals surface area contributed by atoms with Crippen molar-refractivity contribution in [3.8, 4) is 5.75 Å². The highest BCUT2D eigenvalue weighted by Crippen LogP contribution is 2.37. The summed E-state index contributed by atoms with van der Waals surface area (Å²) in [4.78, 5) is 11.7. The molecule has 0 radical (unpaired) electrons. The second kappa shape index (κ2) is 10.1. The Kier molecular flexibility index (Phi) is 7.86. The van der Waals surface area contributed by atoms with Crippen LogP contribution in [0.25, 0.3) is 0 Å². The Morgan fingerprint density at radius 1 is 1.14 bits per heavy atom. The number of hydrogen-bond donors (Lipinski definition) is 3. The van der Waals surface area contributed by atoms with Crippen LogP contribution >= 0.6 is 0 Å². The summed E-state index contributed by atoms with van der Waals surface area (Å²) in [6.45, 7) is 0.0901. The van der Waals surface area contributed by atoms with Crippen LogP contribution in [0.1, 0.15) is 29.2 Å². The maximum Gasteiger partial charge on any atom is 0.419 e. The van der Waals surface area contributed by atoms with E-state index in [-0.39, 0.29) is 25.1 Å². The van der Waals surface area contributed by atoms with Crippen molar-refractivity contribution in [2.75, 3.05) is 13.7 Å². The highest BCUT2D eigenvalue weighted by atomic mass is 19.4. The van der Waals surface area contributed by atoms with Crippen LogP contribution < -0.4 is 10.1 Å². The van der Waals surface area contributed by atoms with E-state index in [9.17, 15) is 28.2 Å². The van der Waals surface area contributed by atoms with Crippen molar-refractivity contribution in [1.82, 2.24) is 5.32 Å². The summed E-state index contributed by atoms with van der Waals surface area (Å²) in [5.41, 5.74) is -0.100. The quantitative estimate of drug-likeness (QED) is 0.617. The van der Waals surface area contributed by atoms with Crippen LogP contribution in [0.3, 0.4) is 0 Å². The van der Waals surface area contributed by atoms with Crippen LogP contribution in [-0.2, 0) is 17.5 Å². The van der Waals surface area contributed by atoms with E-state index in [0.717, 1.165) is 30.9 Å². The van der Waals surface area contributed by atoms with Gasteiger partial charge in [0.1, 0.15) is 18.5 Å². The molecule has 2 unspecified atom stereocenters. The van der Waals surface area contributed by atoms with Gasteiger partial charge in [-0.15, -0.1) is 0 Å². The number of carbonyl (C=O) groups excluding carboxylic acids is 1. The van der Waals surface area contributed by atoms with Crippen LogP contribution in [0.15, 0.2) is 48.5 Å². The van der Waals surface area contributed by atoms with Crippen LogP contribution in [0.5, 0.6) is 5.75 Å². The Balaban J connectivity index is 1.84. The summed E-state index contributed by atoms with van der Waals surface area (Å²) in [6, 6.07) is 11.9. The second-order valence-corrected chi connectivity index (χ2v) is 6.25. The second-order valence-electron chi connectivity index (χ2n) is 6.25. The molecule has 0 saturated carbocycles. The zero-order chi connectivity index (χ0) is 21.4. The standard InChI is InChI=1S/C20H22F3NO5/c1-28-17-11-14(7-8-15(17)20(21,22)23)18(26)16(25)9-10-24-19(27)29-12-13-5-3-2-4-6-13/h2-8,11,16,18,25-26H,9-10,12H2,1H3,(H,24,27). The van der Waals surface area contributed by atoms with E-state index in [0.29, 0.717) is 0 Å². The van der Waals surface area contributed by atoms with Gasteiger partial charge in [-0.2, -0.15) is 13.2 Å². The Labute approximate surface area is 165 Å². The SMILES string of the molecule is COc1cc(C(O)C(O)CCNC(=O)OCc2ccccc2)ccc1C(F)(F)F. The number of hydrogen-bond acceptors (Lipinski definition) is 5. The molecule has 158 valence electrons. The number of alkyl halides is 3. The Morgan fingerprint density at radius 3 is 2.45 bits per heavy atom. The molecular formula is C20H22F3NO5. The van der Waals surface area contributed by atoms with Gasteiger partial charge in [-0.3, -0.25) is 0 Å². The molecule has 2 atom stereocenters. The maximum absolute atomic E-state index is 12.9. The van der Waals surface area contributed by atoms with E-state index in [1.54, 1.807) is 12.1 Å². The van der Waals surface area contributed by atoms with Crippen LogP contribution in [0.2, 0.25) is 0 Å². The monoisotopic (exact) mass is 413 g/mol. The molecule has 2 aromatic rings. The maximum atomic E-state index is 12.9. The first-order valence-corrected chi connectivity index (χ1v) is 8.78. The van der Waals surface area contributed by atoms with E-state index in [4.69, 9.17) is 9.47 Å². The van der Waals surface area contributed by atoms with E-state index in [2.05, 4.69) is 5.32 Å². The third-order valence-corrected chi connectivity index (χ3v) is 4.16. The fourth-order valence-electron chi connectivity index (χ4n) is 2.60. The highest BCUT2D eigenvalue weighted by molar-refractivity contribution is 5.67. The number of rotatable bonds is 8. The Bertz CT molecular complexity index is 798. The van der Waals surface area contributed by atoms with Crippen molar-refractivity contribution in [3.05, 3.63) is 65.2 Å².